The molecule has 2 aromatic heterocycles. The van der Waals surface area contributed by atoms with Crippen LogP contribution in [0.4, 0.5) is 0 Å². The van der Waals surface area contributed by atoms with Crippen LogP contribution in [0.3, 0.4) is 0 Å². The van der Waals surface area contributed by atoms with E-state index in [1.54, 1.807) is 0 Å². The molecular formula is C17H18N4O4. The summed E-state index contributed by atoms with van der Waals surface area (Å²) in [5.74, 6) is -1.09. The predicted octanol–water partition coefficient (Wildman–Crippen LogP) is 1.96. The standard InChI is InChI=1S/C17H18N4O4/c1-9-4-5-10(2)15-14(9)11(3)16(25-15)17(24)18-6-12-7-21(20-19-12)8-13(22)23/h4-5,7H,6,8H2,1-3H3,(H,18,24)(H,22,23). The van der Waals surface area contributed by atoms with Gasteiger partial charge in [-0.3, -0.25) is 9.59 Å². The van der Waals surface area contributed by atoms with Crippen LogP contribution in [-0.4, -0.2) is 32.0 Å². The van der Waals surface area contributed by atoms with Crippen LogP contribution in [0, 0.1) is 20.8 Å². The van der Waals surface area contributed by atoms with Crippen molar-refractivity contribution >= 4 is 22.8 Å². The minimum absolute atomic E-state index is 0.132. The zero-order chi connectivity index (χ0) is 18.1. The highest BCUT2D eigenvalue weighted by molar-refractivity contribution is 6.00. The summed E-state index contributed by atoms with van der Waals surface area (Å²) in [7, 11) is 0. The molecule has 3 aromatic rings. The van der Waals surface area contributed by atoms with Crippen LogP contribution in [0.15, 0.2) is 22.7 Å². The van der Waals surface area contributed by atoms with Gasteiger partial charge in [0.1, 0.15) is 17.8 Å². The van der Waals surface area contributed by atoms with E-state index in [-0.39, 0.29) is 24.8 Å². The smallest absolute Gasteiger partial charge is 0.325 e. The molecule has 8 nitrogen and oxygen atoms in total. The van der Waals surface area contributed by atoms with Gasteiger partial charge in [0.05, 0.1) is 12.7 Å². The molecule has 1 amide bonds. The molecule has 2 N–H and O–H groups in total. The fraction of sp³-hybridized carbons (Fsp3) is 0.294. The number of aromatic nitrogens is 3. The SMILES string of the molecule is Cc1ccc(C)c2c(C)c(C(=O)NCc3cn(CC(=O)O)nn3)oc12. The molecule has 8 heteroatoms. The number of carboxylic acids is 1. The maximum absolute atomic E-state index is 12.5. The summed E-state index contributed by atoms with van der Waals surface area (Å²) < 4.78 is 6.98. The second kappa shape index (κ2) is 6.39. The fourth-order valence-corrected chi connectivity index (χ4v) is 2.78. The van der Waals surface area contributed by atoms with E-state index in [9.17, 15) is 9.59 Å². The Kier molecular flexibility index (Phi) is 4.26. The lowest BCUT2D eigenvalue weighted by atomic mass is 10.0. The molecule has 25 heavy (non-hydrogen) atoms. The van der Waals surface area contributed by atoms with Crippen molar-refractivity contribution in [2.75, 3.05) is 0 Å². The van der Waals surface area contributed by atoms with Crippen LogP contribution >= 0.6 is 0 Å². The van der Waals surface area contributed by atoms with E-state index >= 15 is 0 Å². The van der Waals surface area contributed by atoms with Gasteiger partial charge in [-0.2, -0.15) is 0 Å². The minimum Gasteiger partial charge on any atom is -0.480 e. The Morgan fingerprint density at radius 3 is 2.64 bits per heavy atom. The molecule has 0 spiro atoms. The number of carboxylic acid groups (broad SMARTS) is 1. The lowest BCUT2D eigenvalue weighted by molar-refractivity contribution is -0.137. The Hall–Kier alpha value is -3.16. The van der Waals surface area contributed by atoms with Crippen molar-refractivity contribution in [1.29, 1.82) is 0 Å². The number of nitrogens with zero attached hydrogens (tertiary/aromatic N) is 3. The van der Waals surface area contributed by atoms with Crippen LogP contribution < -0.4 is 5.32 Å². The Morgan fingerprint density at radius 2 is 1.96 bits per heavy atom. The lowest BCUT2D eigenvalue weighted by Crippen LogP contribution is -2.23. The van der Waals surface area contributed by atoms with Gasteiger partial charge in [0, 0.05) is 10.9 Å². The van der Waals surface area contributed by atoms with Crippen molar-refractivity contribution in [1.82, 2.24) is 20.3 Å². The molecule has 0 saturated carbocycles. The highest BCUT2D eigenvalue weighted by Crippen LogP contribution is 2.30. The number of benzene rings is 1. The van der Waals surface area contributed by atoms with Crippen LogP contribution in [0.25, 0.3) is 11.0 Å². The zero-order valence-electron chi connectivity index (χ0n) is 14.2. The third-order valence-corrected chi connectivity index (χ3v) is 4.00. The molecular weight excluding hydrogens is 324 g/mol. The Bertz CT molecular complexity index is 971. The van der Waals surface area contributed by atoms with Crippen molar-refractivity contribution in [3.8, 4) is 0 Å². The van der Waals surface area contributed by atoms with Gasteiger partial charge in [-0.25, -0.2) is 4.68 Å². The van der Waals surface area contributed by atoms with Crippen molar-refractivity contribution in [2.45, 2.75) is 33.9 Å². The number of amides is 1. The highest BCUT2D eigenvalue weighted by Gasteiger charge is 2.20. The predicted molar refractivity (Wildman–Crippen MR) is 89.3 cm³/mol. The van der Waals surface area contributed by atoms with E-state index in [1.165, 1.54) is 10.9 Å². The van der Waals surface area contributed by atoms with Gasteiger partial charge >= 0.3 is 5.97 Å². The molecule has 0 radical (unpaired) electrons. The summed E-state index contributed by atoms with van der Waals surface area (Å²) >= 11 is 0. The first-order valence-electron chi connectivity index (χ1n) is 7.75. The van der Waals surface area contributed by atoms with E-state index in [1.807, 2.05) is 32.9 Å². The normalized spacial score (nSPS) is 11.0. The quantitative estimate of drug-likeness (QED) is 0.733. The Labute approximate surface area is 143 Å². The Morgan fingerprint density at radius 1 is 1.24 bits per heavy atom. The fourth-order valence-electron chi connectivity index (χ4n) is 2.78. The third-order valence-electron chi connectivity index (χ3n) is 4.00. The molecule has 0 unspecified atom stereocenters. The van der Waals surface area contributed by atoms with Crippen molar-refractivity contribution in [3.05, 3.63) is 46.5 Å². The van der Waals surface area contributed by atoms with Crippen molar-refractivity contribution in [3.63, 3.8) is 0 Å². The molecule has 0 atom stereocenters. The van der Waals surface area contributed by atoms with Crippen molar-refractivity contribution in [2.24, 2.45) is 0 Å². The first-order valence-corrected chi connectivity index (χ1v) is 7.75. The molecule has 0 aliphatic heterocycles. The first-order chi connectivity index (χ1) is 11.9. The van der Waals surface area contributed by atoms with E-state index < -0.39 is 5.97 Å². The van der Waals surface area contributed by atoms with Crippen LogP contribution in [0.1, 0.15) is 32.9 Å². The number of carbonyl (C=O) groups is 2. The molecule has 0 bridgehead atoms. The second-order valence-corrected chi connectivity index (χ2v) is 5.94. The molecule has 1 aromatic carbocycles. The van der Waals surface area contributed by atoms with E-state index in [4.69, 9.17) is 9.52 Å². The summed E-state index contributed by atoms with van der Waals surface area (Å²) in [6.45, 7) is 5.63. The molecule has 0 aliphatic carbocycles. The van der Waals surface area contributed by atoms with Crippen LogP contribution in [0.2, 0.25) is 0 Å². The average Bonchev–Trinajstić information content (AvgIpc) is 3.13. The second-order valence-electron chi connectivity index (χ2n) is 5.94. The Balaban J connectivity index is 1.78. The largest absolute Gasteiger partial charge is 0.480 e. The number of rotatable bonds is 5. The molecule has 0 fully saturated rings. The first kappa shape index (κ1) is 16.7. The molecule has 0 saturated heterocycles. The van der Waals surface area contributed by atoms with Gasteiger partial charge in [-0.1, -0.05) is 17.3 Å². The lowest BCUT2D eigenvalue weighted by Gasteiger charge is -2.01. The summed E-state index contributed by atoms with van der Waals surface area (Å²) in [6, 6.07) is 3.96. The van der Waals surface area contributed by atoms with Gasteiger partial charge in [0.15, 0.2) is 5.76 Å². The zero-order valence-corrected chi connectivity index (χ0v) is 14.2. The minimum atomic E-state index is -1.01. The van der Waals surface area contributed by atoms with Gasteiger partial charge in [-0.15, -0.1) is 5.10 Å². The highest BCUT2D eigenvalue weighted by atomic mass is 16.4. The molecule has 130 valence electrons. The number of furan rings is 1. The van der Waals surface area contributed by atoms with E-state index in [2.05, 4.69) is 15.6 Å². The number of aryl methyl sites for hydroxylation is 3. The van der Waals surface area contributed by atoms with Crippen LogP contribution in [-0.2, 0) is 17.9 Å². The third kappa shape index (κ3) is 3.23. The molecule has 2 heterocycles. The molecule has 0 aliphatic rings. The monoisotopic (exact) mass is 342 g/mol. The summed E-state index contributed by atoms with van der Waals surface area (Å²) in [6.07, 6.45) is 1.48. The van der Waals surface area contributed by atoms with Gasteiger partial charge < -0.3 is 14.8 Å². The van der Waals surface area contributed by atoms with Crippen LogP contribution in [0.5, 0.6) is 0 Å². The van der Waals surface area contributed by atoms with Gasteiger partial charge in [0.2, 0.25) is 0 Å². The maximum Gasteiger partial charge on any atom is 0.325 e. The van der Waals surface area contributed by atoms with Crippen molar-refractivity contribution < 1.29 is 19.1 Å². The summed E-state index contributed by atoms with van der Waals surface area (Å²) in [5, 5.41) is 19.9. The number of carbonyl (C=O) groups excluding carboxylic acids is 1. The summed E-state index contributed by atoms with van der Waals surface area (Å²) in [5.41, 5.74) is 4.01. The number of hydrogen-bond acceptors (Lipinski definition) is 5. The summed E-state index contributed by atoms with van der Waals surface area (Å²) in [4.78, 5) is 23.1. The maximum atomic E-state index is 12.5. The van der Waals surface area contributed by atoms with Gasteiger partial charge in [-0.05, 0) is 31.9 Å². The average molecular weight is 342 g/mol. The van der Waals surface area contributed by atoms with Gasteiger partial charge in [0.25, 0.3) is 5.91 Å². The van der Waals surface area contributed by atoms with E-state index in [0.29, 0.717) is 5.69 Å². The number of aliphatic carboxylic acids is 1. The van der Waals surface area contributed by atoms with E-state index in [0.717, 1.165) is 27.7 Å². The number of fused-ring (bicyclic) bond motifs is 1. The number of nitrogens with one attached hydrogen (secondary N) is 1. The topological polar surface area (TPSA) is 110 Å². The number of hydrogen-bond donors (Lipinski definition) is 2. The molecule has 3 rings (SSSR count).